The Bertz CT molecular complexity index is 765. The number of rotatable bonds is 5. The van der Waals surface area contributed by atoms with Crippen molar-refractivity contribution < 1.29 is 4.52 Å². The van der Waals surface area contributed by atoms with Crippen molar-refractivity contribution in [3.63, 3.8) is 0 Å². The highest BCUT2D eigenvalue weighted by Gasteiger charge is 2.22. The molecule has 3 rings (SSSR count). The van der Waals surface area contributed by atoms with Crippen LogP contribution in [-0.2, 0) is 12.0 Å². The van der Waals surface area contributed by atoms with Gasteiger partial charge in [0.05, 0.1) is 0 Å². The second-order valence-electron chi connectivity index (χ2n) is 8.23. The Labute approximate surface area is 167 Å². The molecule has 2 heterocycles. The summed E-state index contributed by atoms with van der Waals surface area (Å²) in [7, 11) is 0. The summed E-state index contributed by atoms with van der Waals surface area (Å²) in [6, 6.07) is 10.9. The first-order chi connectivity index (χ1) is 13.5. The monoisotopic (exact) mass is 384 g/mol. The van der Waals surface area contributed by atoms with Crippen LogP contribution in [0.3, 0.4) is 0 Å². The Kier molecular flexibility index (Phi) is 6.54. The molecule has 1 unspecified atom stereocenters. The predicted molar refractivity (Wildman–Crippen MR) is 113 cm³/mol. The van der Waals surface area contributed by atoms with E-state index < -0.39 is 0 Å². The Balaban J connectivity index is 1.62. The zero-order chi connectivity index (χ0) is 20.0. The maximum atomic E-state index is 5.36. The van der Waals surface area contributed by atoms with Crippen LogP contribution in [0.2, 0.25) is 0 Å². The van der Waals surface area contributed by atoms with E-state index in [4.69, 9.17) is 4.52 Å². The van der Waals surface area contributed by atoms with E-state index in [1.165, 1.54) is 5.69 Å². The zero-order valence-electron chi connectivity index (χ0n) is 17.4. The third kappa shape index (κ3) is 5.47. The lowest BCUT2D eigenvalue weighted by atomic mass is 9.97. The molecule has 28 heavy (non-hydrogen) atoms. The standard InChI is InChI=1S/C21H32N6O/c1-5-22-20(23-14-18-25-19(28-26-18)21(2,3)4)24-16-10-9-13-27(15-16)17-11-7-6-8-12-17/h6-8,11-12,16H,5,9-10,13-15H2,1-4H3,(H2,22,23,24). The van der Waals surface area contributed by atoms with Crippen molar-refractivity contribution >= 4 is 11.6 Å². The molecule has 2 N–H and O–H groups in total. The molecule has 1 saturated heterocycles. The topological polar surface area (TPSA) is 78.6 Å². The van der Waals surface area contributed by atoms with Crippen LogP contribution < -0.4 is 15.5 Å². The highest BCUT2D eigenvalue weighted by molar-refractivity contribution is 5.80. The SMILES string of the molecule is CCNC(=NCc1noc(C(C)(C)C)n1)NC1CCCN(c2ccccc2)C1. The number of nitrogens with zero attached hydrogens (tertiary/aromatic N) is 4. The average Bonchev–Trinajstić information content (AvgIpc) is 3.17. The quantitative estimate of drug-likeness (QED) is 0.609. The van der Waals surface area contributed by atoms with Gasteiger partial charge in [-0.1, -0.05) is 44.1 Å². The summed E-state index contributed by atoms with van der Waals surface area (Å²) in [4.78, 5) is 11.6. The Morgan fingerprint density at radius 2 is 2.07 bits per heavy atom. The third-order valence-electron chi connectivity index (χ3n) is 4.72. The minimum atomic E-state index is -0.152. The van der Waals surface area contributed by atoms with Gasteiger partial charge in [-0.15, -0.1) is 0 Å². The van der Waals surface area contributed by atoms with E-state index in [9.17, 15) is 0 Å². The highest BCUT2D eigenvalue weighted by Crippen LogP contribution is 2.20. The molecule has 2 aromatic rings. The number of aliphatic imine (C=N–C) groups is 1. The number of anilines is 1. The number of hydrogen-bond donors (Lipinski definition) is 2. The minimum absolute atomic E-state index is 0.152. The number of para-hydroxylation sites is 1. The molecular weight excluding hydrogens is 352 g/mol. The maximum Gasteiger partial charge on any atom is 0.232 e. The summed E-state index contributed by atoms with van der Waals surface area (Å²) in [5.74, 6) is 2.04. The van der Waals surface area contributed by atoms with Crippen molar-refractivity contribution in [1.29, 1.82) is 0 Å². The van der Waals surface area contributed by atoms with Gasteiger partial charge in [0.2, 0.25) is 5.89 Å². The highest BCUT2D eigenvalue weighted by atomic mass is 16.5. The molecule has 1 aromatic heterocycles. The largest absolute Gasteiger partial charge is 0.369 e. The van der Waals surface area contributed by atoms with Gasteiger partial charge in [-0.3, -0.25) is 0 Å². The molecule has 1 aromatic carbocycles. The molecule has 1 aliphatic heterocycles. The molecule has 1 fully saturated rings. The normalized spacial score (nSPS) is 18.2. The number of guanidine groups is 1. The molecule has 1 aliphatic rings. The van der Waals surface area contributed by atoms with E-state index in [0.717, 1.165) is 38.4 Å². The fraction of sp³-hybridized carbons (Fsp3) is 0.571. The molecule has 0 aliphatic carbocycles. The number of aromatic nitrogens is 2. The molecule has 7 heteroatoms. The van der Waals surface area contributed by atoms with Gasteiger partial charge < -0.3 is 20.1 Å². The van der Waals surface area contributed by atoms with Crippen LogP contribution in [-0.4, -0.2) is 41.8 Å². The Morgan fingerprint density at radius 1 is 1.29 bits per heavy atom. The third-order valence-corrected chi connectivity index (χ3v) is 4.72. The number of nitrogens with one attached hydrogen (secondary N) is 2. The lowest BCUT2D eigenvalue weighted by molar-refractivity contribution is 0.318. The molecule has 0 spiro atoms. The van der Waals surface area contributed by atoms with Gasteiger partial charge in [0.25, 0.3) is 0 Å². The average molecular weight is 385 g/mol. The van der Waals surface area contributed by atoms with Crippen molar-refractivity contribution in [3.05, 3.63) is 42.0 Å². The lowest BCUT2D eigenvalue weighted by Gasteiger charge is -2.35. The van der Waals surface area contributed by atoms with Crippen LogP contribution in [0.4, 0.5) is 5.69 Å². The molecule has 0 radical (unpaired) electrons. The van der Waals surface area contributed by atoms with E-state index in [1.54, 1.807) is 0 Å². The molecule has 0 saturated carbocycles. The van der Waals surface area contributed by atoms with Crippen LogP contribution in [0.15, 0.2) is 39.8 Å². The first kappa shape index (κ1) is 20.2. The summed E-state index contributed by atoms with van der Waals surface area (Å²) in [5, 5.41) is 11.0. The summed E-state index contributed by atoms with van der Waals surface area (Å²) in [5.41, 5.74) is 1.12. The van der Waals surface area contributed by atoms with Crippen molar-refractivity contribution in [1.82, 2.24) is 20.8 Å². The van der Waals surface area contributed by atoms with Crippen molar-refractivity contribution in [3.8, 4) is 0 Å². The first-order valence-electron chi connectivity index (χ1n) is 10.1. The summed E-state index contributed by atoms with van der Waals surface area (Å²) in [6.07, 6.45) is 2.29. The van der Waals surface area contributed by atoms with E-state index in [0.29, 0.717) is 24.3 Å². The summed E-state index contributed by atoms with van der Waals surface area (Å²) < 4.78 is 5.36. The van der Waals surface area contributed by atoms with Gasteiger partial charge >= 0.3 is 0 Å². The van der Waals surface area contributed by atoms with Crippen LogP contribution >= 0.6 is 0 Å². The second kappa shape index (κ2) is 9.08. The molecule has 0 bridgehead atoms. The molecular formula is C21H32N6O. The predicted octanol–water partition coefficient (Wildman–Crippen LogP) is 3.09. The van der Waals surface area contributed by atoms with Gasteiger partial charge in [0.1, 0.15) is 6.54 Å². The van der Waals surface area contributed by atoms with Crippen LogP contribution in [0.25, 0.3) is 0 Å². The molecule has 1 atom stereocenters. The van der Waals surface area contributed by atoms with Crippen molar-refractivity contribution in [2.45, 2.75) is 58.5 Å². The van der Waals surface area contributed by atoms with Crippen molar-refractivity contribution in [2.24, 2.45) is 4.99 Å². The van der Waals surface area contributed by atoms with E-state index >= 15 is 0 Å². The zero-order valence-corrected chi connectivity index (χ0v) is 17.4. The van der Waals surface area contributed by atoms with Gasteiger partial charge in [-0.25, -0.2) is 4.99 Å². The molecule has 0 amide bonds. The fourth-order valence-electron chi connectivity index (χ4n) is 3.25. The summed E-state index contributed by atoms with van der Waals surface area (Å²) in [6.45, 7) is 11.5. The van der Waals surface area contributed by atoms with Crippen LogP contribution in [0, 0.1) is 0 Å². The minimum Gasteiger partial charge on any atom is -0.369 e. The molecule has 7 nitrogen and oxygen atoms in total. The molecule has 152 valence electrons. The number of benzene rings is 1. The van der Waals surface area contributed by atoms with Crippen LogP contribution in [0.1, 0.15) is 52.3 Å². The van der Waals surface area contributed by atoms with Gasteiger partial charge in [-0.2, -0.15) is 4.98 Å². The summed E-state index contributed by atoms with van der Waals surface area (Å²) >= 11 is 0. The Hall–Kier alpha value is -2.57. The van der Waals surface area contributed by atoms with Crippen molar-refractivity contribution in [2.75, 3.05) is 24.5 Å². The van der Waals surface area contributed by atoms with Crippen LogP contribution in [0.5, 0.6) is 0 Å². The van der Waals surface area contributed by atoms with Gasteiger partial charge in [0.15, 0.2) is 11.8 Å². The van der Waals surface area contributed by atoms with E-state index in [2.05, 4.69) is 88.7 Å². The van der Waals surface area contributed by atoms with E-state index in [1.807, 2.05) is 0 Å². The Morgan fingerprint density at radius 3 is 2.75 bits per heavy atom. The smallest absolute Gasteiger partial charge is 0.232 e. The van der Waals surface area contributed by atoms with Gasteiger partial charge in [-0.05, 0) is 31.9 Å². The fourth-order valence-corrected chi connectivity index (χ4v) is 3.25. The lowest BCUT2D eigenvalue weighted by Crippen LogP contribution is -2.51. The van der Waals surface area contributed by atoms with E-state index in [-0.39, 0.29) is 5.41 Å². The number of piperidine rings is 1. The maximum absolute atomic E-state index is 5.36. The second-order valence-corrected chi connectivity index (χ2v) is 8.23. The van der Waals surface area contributed by atoms with Gasteiger partial charge in [0, 0.05) is 36.8 Å². The number of hydrogen-bond acceptors (Lipinski definition) is 5. The first-order valence-corrected chi connectivity index (χ1v) is 10.1.